The number of benzene rings is 9. The van der Waals surface area contributed by atoms with Gasteiger partial charge in [0.2, 0.25) is 0 Å². The molecule has 62 heavy (non-hydrogen) atoms. The fourth-order valence-electron chi connectivity index (χ4n) is 10.9. The molecule has 3 heterocycles. The Balaban J connectivity index is 1.06. The van der Waals surface area contributed by atoms with Crippen molar-refractivity contribution in [2.24, 2.45) is 0 Å². The quantitative estimate of drug-likeness (QED) is 0.175. The van der Waals surface area contributed by atoms with Crippen LogP contribution in [0.4, 0.5) is 0 Å². The van der Waals surface area contributed by atoms with E-state index in [-0.39, 0.29) is 0 Å². The molecule has 0 amide bonds. The molecule has 2 aliphatic rings. The van der Waals surface area contributed by atoms with Crippen LogP contribution in [-0.2, 0) is 5.41 Å². The van der Waals surface area contributed by atoms with Crippen LogP contribution in [0.25, 0.3) is 110 Å². The van der Waals surface area contributed by atoms with Gasteiger partial charge in [0, 0.05) is 27.1 Å². The average Bonchev–Trinajstić information content (AvgIpc) is 3.97. The van der Waals surface area contributed by atoms with Gasteiger partial charge in [-0.3, -0.25) is 0 Å². The lowest BCUT2D eigenvalue weighted by Gasteiger charge is -2.30. The van der Waals surface area contributed by atoms with Crippen LogP contribution in [0.3, 0.4) is 0 Å². The monoisotopic (exact) mass is 787 g/mol. The van der Waals surface area contributed by atoms with Crippen molar-refractivity contribution in [3.05, 3.63) is 222 Å². The SMILES string of the molecule is c1ccc(-c2nc3nc(n2)c2cccc4oc5ccc(cc5c42)c2ccccc2c2cccc3c2)c(-c2ccc3c(c2)C2(c4ccccc4-c4ccccc42)c2ccccc2-3)c1. The molecule has 4 heteroatoms. The Bertz CT molecular complexity index is 3890. The minimum absolute atomic E-state index is 0.448. The van der Waals surface area contributed by atoms with Gasteiger partial charge in [0.05, 0.1) is 5.41 Å². The van der Waals surface area contributed by atoms with Gasteiger partial charge in [0.25, 0.3) is 0 Å². The van der Waals surface area contributed by atoms with E-state index in [0.717, 1.165) is 70.9 Å². The van der Waals surface area contributed by atoms with Crippen LogP contribution < -0.4 is 0 Å². The number of nitrogens with zero attached hydrogens (tertiary/aromatic N) is 3. The van der Waals surface area contributed by atoms with E-state index in [1.165, 1.54) is 44.5 Å². The van der Waals surface area contributed by atoms with Crippen molar-refractivity contribution in [1.29, 1.82) is 0 Å². The molecular formula is C58H33N3O. The molecule has 0 saturated heterocycles. The van der Waals surface area contributed by atoms with Crippen molar-refractivity contribution in [3.63, 3.8) is 0 Å². The average molecular weight is 788 g/mol. The number of fused-ring (bicyclic) bond motifs is 20. The van der Waals surface area contributed by atoms with Gasteiger partial charge < -0.3 is 4.42 Å². The molecule has 286 valence electrons. The van der Waals surface area contributed by atoms with Crippen LogP contribution in [0.2, 0.25) is 0 Å². The second kappa shape index (κ2) is 12.4. The summed E-state index contributed by atoms with van der Waals surface area (Å²) in [7, 11) is 0. The summed E-state index contributed by atoms with van der Waals surface area (Å²) in [5.74, 6) is 0.613. The first-order chi connectivity index (χ1) is 30.7. The molecule has 6 bridgehead atoms. The molecule has 4 nitrogen and oxygen atoms in total. The molecule has 3 aromatic heterocycles. The lowest BCUT2D eigenvalue weighted by Crippen LogP contribution is -2.25. The minimum atomic E-state index is -0.448. The lowest BCUT2D eigenvalue weighted by atomic mass is 9.70. The number of hydrogen-bond acceptors (Lipinski definition) is 4. The van der Waals surface area contributed by atoms with Gasteiger partial charge in [-0.05, 0) is 108 Å². The smallest absolute Gasteiger partial charge is 0.164 e. The summed E-state index contributed by atoms with van der Waals surface area (Å²) >= 11 is 0. The van der Waals surface area contributed by atoms with Crippen LogP contribution >= 0.6 is 0 Å². The molecule has 9 aromatic carbocycles. The first-order valence-electron chi connectivity index (χ1n) is 21.2. The van der Waals surface area contributed by atoms with Crippen molar-refractivity contribution in [3.8, 4) is 44.8 Å². The highest BCUT2D eigenvalue weighted by atomic mass is 16.3. The van der Waals surface area contributed by atoms with E-state index in [4.69, 9.17) is 19.4 Å². The number of furan rings is 1. The molecule has 12 aromatic rings. The summed E-state index contributed by atoms with van der Waals surface area (Å²) in [5, 5.41) is 8.36. The van der Waals surface area contributed by atoms with Crippen LogP contribution in [-0.4, -0.2) is 15.0 Å². The van der Waals surface area contributed by atoms with Gasteiger partial charge >= 0.3 is 0 Å². The topological polar surface area (TPSA) is 51.8 Å². The van der Waals surface area contributed by atoms with Crippen molar-refractivity contribution in [2.45, 2.75) is 5.41 Å². The Morgan fingerprint density at radius 2 is 0.887 bits per heavy atom. The molecule has 0 unspecified atom stereocenters. The molecular weight excluding hydrogens is 755 g/mol. The molecule has 1 spiro atoms. The molecule has 0 atom stereocenters. The largest absolute Gasteiger partial charge is 0.456 e. The zero-order valence-electron chi connectivity index (χ0n) is 33.3. The Labute approximate surface area is 356 Å². The van der Waals surface area contributed by atoms with E-state index in [9.17, 15) is 0 Å². The van der Waals surface area contributed by atoms with Crippen LogP contribution in [0.1, 0.15) is 22.3 Å². The van der Waals surface area contributed by atoms with Gasteiger partial charge in [0.1, 0.15) is 11.2 Å². The Kier molecular flexibility index (Phi) is 6.73. The van der Waals surface area contributed by atoms with Crippen LogP contribution in [0.5, 0.6) is 0 Å². The van der Waals surface area contributed by atoms with Crippen LogP contribution in [0, 0.1) is 0 Å². The van der Waals surface area contributed by atoms with E-state index in [1.807, 2.05) is 12.1 Å². The summed E-state index contributed by atoms with van der Waals surface area (Å²) in [5.41, 5.74) is 15.9. The molecule has 14 rings (SSSR count). The normalized spacial score (nSPS) is 13.3. The summed E-state index contributed by atoms with van der Waals surface area (Å²) in [6.07, 6.45) is 0. The van der Waals surface area contributed by atoms with Crippen LogP contribution in [0.15, 0.2) is 205 Å². The highest BCUT2D eigenvalue weighted by Gasteiger charge is 2.51. The highest BCUT2D eigenvalue weighted by molar-refractivity contribution is 6.19. The Morgan fingerprint density at radius 1 is 0.323 bits per heavy atom. The predicted octanol–water partition coefficient (Wildman–Crippen LogP) is 14.6. The third-order valence-electron chi connectivity index (χ3n) is 13.5. The van der Waals surface area contributed by atoms with E-state index in [0.29, 0.717) is 17.1 Å². The van der Waals surface area contributed by atoms with Crippen molar-refractivity contribution < 1.29 is 4.42 Å². The Hall–Kier alpha value is -8.21. The van der Waals surface area contributed by atoms with Gasteiger partial charge in [-0.15, -0.1) is 0 Å². The molecule has 0 radical (unpaired) electrons. The van der Waals surface area contributed by atoms with E-state index in [1.54, 1.807) is 0 Å². The van der Waals surface area contributed by atoms with Crippen molar-refractivity contribution in [2.75, 3.05) is 0 Å². The van der Waals surface area contributed by atoms with Gasteiger partial charge in [-0.1, -0.05) is 170 Å². The summed E-state index contributed by atoms with van der Waals surface area (Å²) < 4.78 is 6.51. The third-order valence-corrected chi connectivity index (χ3v) is 13.5. The van der Waals surface area contributed by atoms with E-state index < -0.39 is 5.41 Å². The number of hydrogen-bond donors (Lipinski definition) is 0. The first-order valence-corrected chi connectivity index (χ1v) is 21.2. The maximum atomic E-state index is 6.51. The summed E-state index contributed by atoms with van der Waals surface area (Å²) in [4.78, 5) is 16.0. The fraction of sp³-hybridized carbons (Fsp3) is 0.0172. The summed E-state index contributed by atoms with van der Waals surface area (Å²) in [6.45, 7) is 0. The van der Waals surface area contributed by atoms with E-state index in [2.05, 4.69) is 188 Å². The number of aromatic nitrogens is 3. The molecule has 0 N–H and O–H groups in total. The van der Waals surface area contributed by atoms with Gasteiger partial charge in [-0.2, -0.15) is 0 Å². The second-order valence-electron chi connectivity index (χ2n) is 16.6. The minimum Gasteiger partial charge on any atom is -0.456 e. The highest BCUT2D eigenvalue weighted by Crippen LogP contribution is 2.63. The lowest BCUT2D eigenvalue weighted by molar-refractivity contribution is 0.669. The second-order valence-corrected chi connectivity index (χ2v) is 16.6. The standard InChI is InChI=1S/C58H33N3O/c1-2-16-39-35-28-30-52-47(32-35)54-46(22-12-26-53(54)62-52)57-60-55(37-14-11-13-34(31-37)38(39)15-1)59-56(61-57)45-21-4-3-17-40(45)36-27-29-44-43-20-7-10-25-50(43)58(51(44)33-36)48-23-8-5-18-41(48)42-19-6-9-24-49(42)58/h1-33H. The predicted molar refractivity (Wildman–Crippen MR) is 253 cm³/mol. The van der Waals surface area contributed by atoms with Crippen molar-refractivity contribution >= 4 is 65.6 Å². The third kappa shape index (κ3) is 4.47. The van der Waals surface area contributed by atoms with E-state index >= 15 is 0 Å². The van der Waals surface area contributed by atoms with Gasteiger partial charge in [0.15, 0.2) is 17.1 Å². The van der Waals surface area contributed by atoms with Crippen molar-refractivity contribution in [1.82, 2.24) is 15.0 Å². The Morgan fingerprint density at radius 3 is 1.61 bits per heavy atom. The first kappa shape index (κ1) is 33.6. The molecule has 0 fully saturated rings. The molecule has 0 aliphatic heterocycles. The zero-order chi connectivity index (χ0) is 40.5. The molecule has 2 aliphatic carbocycles. The maximum Gasteiger partial charge on any atom is 0.164 e. The van der Waals surface area contributed by atoms with Gasteiger partial charge in [-0.25, -0.2) is 15.0 Å². The molecule has 0 saturated carbocycles. The fourth-order valence-corrected chi connectivity index (χ4v) is 10.9. The zero-order valence-corrected chi connectivity index (χ0v) is 33.3. The summed E-state index contributed by atoms with van der Waals surface area (Å²) in [6, 6.07) is 72.3. The maximum absolute atomic E-state index is 6.51. The number of rotatable bonds is 2.